The molecule has 2 aromatic rings. The van der Waals surface area contributed by atoms with Crippen LogP contribution in [0.2, 0.25) is 0 Å². The molecule has 1 aromatic heterocycles. The highest BCUT2D eigenvalue weighted by Crippen LogP contribution is 2.29. The molecule has 106 valence electrons. The van der Waals surface area contributed by atoms with Gasteiger partial charge in [0.2, 0.25) is 0 Å². The second-order valence-electron chi connectivity index (χ2n) is 5.85. The first-order valence-corrected chi connectivity index (χ1v) is 7.54. The van der Waals surface area contributed by atoms with Crippen molar-refractivity contribution in [3.8, 4) is 0 Å². The van der Waals surface area contributed by atoms with Crippen molar-refractivity contribution < 1.29 is 9.18 Å². The van der Waals surface area contributed by atoms with E-state index >= 15 is 0 Å². The third-order valence-electron chi connectivity index (χ3n) is 4.40. The largest absolute Gasteiger partial charge is 0.360 e. The third kappa shape index (κ3) is 2.62. The maximum absolute atomic E-state index is 13.9. The van der Waals surface area contributed by atoms with Crippen molar-refractivity contribution >= 4 is 16.7 Å². The van der Waals surface area contributed by atoms with Crippen LogP contribution in [0.1, 0.15) is 55.3 Å². The zero-order valence-electron chi connectivity index (χ0n) is 11.6. The van der Waals surface area contributed by atoms with Crippen LogP contribution in [0.4, 0.5) is 4.39 Å². The minimum Gasteiger partial charge on any atom is -0.360 e. The fourth-order valence-corrected chi connectivity index (χ4v) is 3.30. The van der Waals surface area contributed by atoms with E-state index in [1.807, 2.05) is 0 Å². The van der Waals surface area contributed by atoms with E-state index in [9.17, 15) is 9.18 Å². The van der Waals surface area contributed by atoms with E-state index in [1.54, 1.807) is 18.3 Å². The van der Waals surface area contributed by atoms with Crippen molar-refractivity contribution in [2.75, 3.05) is 0 Å². The Hall–Kier alpha value is -1.64. The van der Waals surface area contributed by atoms with Crippen LogP contribution in [0, 0.1) is 11.7 Å². The van der Waals surface area contributed by atoms with Gasteiger partial charge in [-0.05, 0) is 18.1 Å². The van der Waals surface area contributed by atoms with Crippen LogP contribution in [-0.4, -0.2) is 10.8 Å². The van der Waals surface area contributed by atoms with Gasteiger partial charge in [0.25, 0.3) is 0 Å². The minimum absolute atomic E-state index is 0.0771. The molecule has 2 nitrogen and oxygen atoms in total. The predicted molar refractivity (Wildman–Crippen MR) is 78.4 cm³/mol. The summed E-state index contributed by atoms with van der Waals surface area (Å²) in [6.45, 7) is 0. The number of hydrogen-bond acceptors (Lipinski definition) is 1. The summed E-state index contributed by atoms with van der Waals surface area (Å²) in [7, 11) is 0. The summed E-state index contributed by atoms with van der Waals surface area (Å²) in [4.78, 5) is 15.5. The van der Waals surface area contributed by atoms with Crippen molar-refractivity contribution in [2.24, 2.45) is 5.92 Å². The summed E-state index contributed by atoms with van der Waals surface area (Å²) in [5.41, 5.74) is 1.22. The predicted octanol–water partition coefficient (Wildman–Crippen LogP) is 4.85. The number of Topliss-reactive ketones (excluding diaryl/α,β-unsaturated/α-hetero) is 1. The molecule has 0 unspecified atom stereocenters. The highest BCUT2D eigenvalue weighted by atomic mass is 19.1. The molecule has 0 aliphatic heterocycles. The first-order chi connectivity index (χ1) is 9.75. The number of nitrogens with one attached hydrogen (secondary N) is 1. The average molecular weight is 273 g/mol. The molecule has 1 N–H and O–H groups in total. The summed E-state index contributed by atoms with van der Waals surface area (Å²) in [5.74, 6) is 0.239. The van der Waals surface area contributed by atoms with E-state index < -0.39 is 0 Å². The molecule has 1 fully saturated rings. The van der Waals surface area contributed by atoms with Gasteiger partial charge < -0.3 is 4.98 Å². The van der Waals surface area contributed by atoms with Gasteiger partial charge >= 0.3 is 0 Å². The zero-order chi connectivity index (χ0) is 13.9. The van der Waals surface area contributed by atoms with Crippen LogP contribution < -0.4 is 0 Å². The Balaban J connectivity index is 1.81. The third-order valence-corrected chi connectivity index (χ3v) is 4.40. The standard InChI is InChI=1S/C17H20FNO/c18-14-8-5-9-15-17(14)13(11-19-15)16(20)10-12-6-3-1-2-4-7-12/h5,8-9,11-12,19H,1-4,6-7,10H2. The summed E-state index contributed by atoms with van der Waals surface area (Å²) >= 11 is 0. The van der Waals surface area contributed by atoms with E-state index in [4.69, 9.17) is 0 Å². The molecular formula is C17H20FNO. The number of aromatic amines is 1. The van der Waals surface area contributed by atoms with Crippen molar-refractivity contribution in [3.63, 3.8) is 0 Å². The molecule has 1 heterocycles. The second kappa shape index (κ2) is 5.78. The molecule has 20 heavy (non-hydrogen) atoms. The molecule has 0 saturated heterocycles. The number of halogens is 1. The van der Waals surface area contributed by atoms with Gasteiger partial charge in [-0.25, -0.2) is 4.39 Å². The van der Waals surface area contributed by atoms with Crippen LogP contribution >= 0.6 is 0 Å². The van der Waals surface area contributed by atoms with Gasteiger partial charge in [-0.2, -0.15) is 0 Å². The van der Waals surface area contributed by atoms with E-state index in [2.05, 4.69) is 4.98 Å². The molecule has 0 bridgehead atoms. The van der Waals surface area contributed by atoms with Crippen LogP contribution in [0.15, 0.2) is 24.4 Å². The number of fused-ring (bicyclic) bond motifs is 1. The van der Waals surface area contributed by atoms with Gasteiger partial charge in [-0.15, -0.1) is 0 Å². The minimum atomic E-state index is -0.312. The molecule has 0 spiro atoms. The van der Waals surface area contributed by atoms with Crippen molar-refractivity contribution in [1.82, 2.24) is 4.98 Å². The van der Waals surface area contributed by atoms with Crippen molar-refractivity contribution in [2.45, 2.75) is 44.9 Å². The number of H-pyrrole nitrogens is 1. The van der Waals surface area contributed by atoms with Crippen molar-refractivity contribution in [1.29, 1.82) is 0 Å². The fraction of sp³-hybridized carbons (Fsp3) is 0.471. The molecule has 3 heteroatoms. The number of ketones is 1. The van der Waals surface area contributed by atoms with E-state index in [-0.39, 0.29) is 11.6 Å². The smallest absolute Gasteiger partial charge is 0.165 e. The summed E-state index contributed by atoms with van der Waals surface area (Å²) in [5, 5.41) is 0.450. The molecule has 1 aromatic carbocycles. The number of aromatic nitrogens is 1. The van der Waals surface area contributed by atoms with Gasteiger partial charge in [-0.3, -0.25) is 4.79 Å². The number of benzene rings is 1. The molecule has 1 aliphatic carbocycles. The zero-order valence-corrected chi connectivity index (χ0v) is 11.6. The normalized spacial score (nSPS) is 17.2. The molecule has 0 amide bonds. The first-order valence-electron chi connectivity index (χ1n) is 7.54. The summed E-state index contributed by atoms with van der Waals surface area (Å²) < 4.78 is 13.9. The highest BCUT2D eigenvalue weighted by Gasteiger charge is 2.20. The Bertz CT molecular complexity index is 608. The van der Waals surface area contributed by atoms with Crippen LogP contribution in [0.3, 0.4) is 0 Å². The van der Waals surface area contributed by atoms with E-state index in [0.29, 0.717) is 28.8 Å². The Morgan fingerprint density at radius 1 is 1.20 bits per heavy atom. The van der Waals surface area contributed by atoms with E-state index in [1.165, 1.54) is 31.7 Å². The molecule has 1 aliphatic rings. The summed E-state index contributed by atoms with van der Waals surface area (Å²) in [6, 6.07) is 4.88. The Morgan fingerprint density at radius 3 is 2.70 bits per heavy atom. The molecule has 0 atom stereocenters. The van der Waals surface area contributed by atoms with Crippen LogP contribution in [-0.2, 0) is 0 Å². The van der Waals surface area contributed by atoms with Gasteiger partial charge in [0.1, 0.15) is 5.82 Å². The van der Waals surface area contributed by atoms with Crippen LogP contribution in [0.25, 0.3) is 10.9 Å². The van der Waals surface area contributed by atoms with Gasteiger partial charge in [0.15, 0.2) is 5.78 Å². The fourth-order valence-electron chi connectivity index (χ4n) is 3.30. The Kier molecular flexibility index (Phi) is 3.86. The maximum Gasteiger partial charge on any atom is 0.165 e. The quantitative estimate of drug-likeness (QED) is 0.629. The molecule has 1 saturated carbocycles. The lowest BCUT2D eigenvalue weighted by Gasteiger charge is -2.12. The van der Waals surface area contributed by atoms with Gasteiger partial charge in [0, 0.05) is 29.1 Å². The average Bonchev–Trinajstić information content (AvgIpc) is 2.72. The Morgan fingerprint density at radius 2 is 1.95 bits per heavy atom. The molecule has 3 rings (SSSR count). The molecular weight excluding hydrogens is 253 g/mol. The number of hydrogen-bond donors (Lipinski definition) is 1. The van der Waals surface area contributed by atoms with Crippen molar-refractivity contribution in [3.05, 3.63) is 35.8 Å². The maximum atomic E-state index is 13.9. The molecule has 0 radical (unpaired) electrons. The second-order valence-corrected chi connectivity index (χ2v) is 5.85. The number of carbonyl (C=O) groups excluding carboxylic acids is 1. The Labute approximate surface area is 118 Å². The lowest BCUT2D eigenvalue weighted by molar-refractivity contribution is 0.0958. The van der Waals surface area contributed by atoms with E-state index in [0.717, 1.165) is 12.8 Å². The highest BCUT2D eigenvalue weighted by molar-refractivity contribution is 6.08. The van der Waals surface area contributed by atoms with Gasteiger partial charge in [0.05, 0.1) is 0 Å². The number of carbonyl (C=O) groups is 1. The lowest BCUT2D eigenvalue weighted by atomic mass is 9.92. The summed E-state index contributed by atoms with van der Waals surface area (Å²) in [6.07, 6.45) is 9.50. The monoisotopic (exact) mass is 273 g/mol. The van der Waals surface area contributed by atoms with Gasteiger partial charge in [-0.1, -0.05) is 44.6 Å². The first kappa shape index (κ1) is 13.3. The topological polar surface area (TPSA) is 32.9 Å². The SMILES string of the molecule is O=C(CC1CCCCCC1)c1c[nH]c2cccc(F)c12. The van der Waals surface area contributed by atoms with Crippen LogP contribution in [0.5, 0.6) is 0 Å². The lowest BCUT2D eigenvalue weighted by Crippen LogP contribution is -2.08. The number of rotatable bonds is 3.